The van der Waals surface area contributed by atoms with Gasteiger partial charge in [0.05, 0.1) is 13.7 Å². The van der Waals surface area contributed by atoms with Gasteiger partial charge in [0, 0.05) is 36.8 Å². The molecule has 0 saturated carbocycles. The van der Waals surface area contributed by atoms with Crippen LogP contribution in [-0.4, -0.2) is 42.9 Å². The van der Waals surface area contributed by atoms with Crippen LogP contribution in [0.5, 0.6) is 6.01 Å². The number of hydrogen-bond acceptors (Lipinski definition) is 8. The fraction of sp³-hybridized carbons (Fsp3) is 0.529. The monoisotopic (exact) mass is 348 g/mol. The number of rotatable bonds is 10. The normalized spacial score (nSPS) is 11.5. The summed E-state index contributed by atoms with van der Waals surface area (Å²) in [6, 6.07) is 2.21. The lowest BCUT2D eigenvalue weighted by atomic mass is 10.0. The second-order valence-electron chi connectivity index (χ2n) is 5.32. The molecule has 0 bridgehead atoms. The van der Waals surface area contributed by atoms with Gasteiger partial charge in [-0.15, -0.1) is 0 Å². The molecule has 0 saturated heterocycles. The van der Waals surface area contributed by atoms with Crippen molar-refractivity contribution >= 4 is 5.97 Å². The summed E-state index contributed by atoms with van der Waals surface area (Å²) in [7, 11) is 1.49. The molecule has 8 nitrogen and oxygen atoms in total. The molecular formula is C17H24N4O4. The molecule has 1 rings (SSSR count). The summed E-state index contributed by atoms with van der Waals surface area (Å²) in [5.41, 5.74) is 1.27. The van der Waals surface area contributed by atoms with Crippen LogP contribution in [0.25, 0.3) is 0 Å². The predicted molar refractivity (Wildman–Crippen MR) is 90.4 cm³/mol. The molecule has 1 aromatic rings. The van der Waals surface area contributed by atoms with E-state index in [-0.39, 0.29) is 24.1 Å². The molecule has 0 fully saturated rings. The van der Waals surface area contributed by atoms with Gasteiger partial charge in [0.25, 0.3) is 0 Å². The summed E-state index contributed by atoms with van der Waals surface area (Å²) < 4.78 is 15.1. The van der Waals surface area contributed by atoms with Gasteiger partial charge in [-0.1, -0.05) is 13.8 Å². The number of allylic oxidation sites excluding steroid dienone is 1. The predicted octanol–water partition coefficient (Wildman–Crippen LogP) is 1.59. The van der Waals surface area contributed by atoms with Crippen LogP contribution in [-0.2, 0) is 20.8 Å². The van der Waals surface area contributed by atoms with Gasteiger partial charge in [-0.3, -0.25) is 0 Å². The quantitative estimate of drug-likeness (QED) is 0.294. The van der Waals surface area contributed by atoms with Crippen LogP contribution in [0.1, 0.15) is 26.3 Å². The third kappa shape index (κ3) is 6.77. The summed E-state index contributed by atoms with van der Waals surface area (Å²) in [4.78, 5) is 20.2. The second kappa shape index (κ2) is 11.0. The minimum atomic E-state index is -0.663. The standard InChI is InChI=1S/C17H24N4O4/c1-5-24-6-7-25-16(22)14(8-18)15(12(2)3)19-9-13-10-20-17(23-4)21-11-13/h10-12,19H,5-7,9H2,1-4H3/b15-14-. The molecule has 0 aliphatic rings. The number of esters is 1. The molecule has 1 aromatic heterocycles. The van der Waals surface area contributed by atoms with E-state index in [1.807, 2.05) is 26.8 Å². The van der Waals surface area contributed by atoms with Crippen LogP contribution in [0, 0.1) is 17.2 Å². The molecule has 0 amide bonds. The number of carbonyl (C=O) groups excluding carboxylic acids is 1. The van der Waals surface area contributed by atoms with Crippen LogP contribution in [0.2, 0.25) is 0 Å². The first-order valence-corrected chi connectivity index (χ1v) is 8.01. The maximum absolute atomic E-state index is 12.1. The number of hydrogen-bond donors (Lipinski definition) is 1. The van der Waals surface area contributed by atoms with E-state index in [9.17, 15) is 10.1 Å². The van der Waals surface area contributed by atoms with Crippen LogP contribution in [0.15, 0.2) is 23.7 Å². The number of aromatic nitrogens is 2. The van der Waals surface area contributed by atoms with E-state index < -0.39 is 5.97 Å². The minimum Gasteiger partial charge on any atom is -0.467 e. The Bertz CT molecular complexity index is 621. The van der Waals surface area contributed by atoms with Crippen molar-refractivity contribution in [1.82, 2.24) is 15.3 Å². The average molecular weight is 348 g/mol. The van der Waals surface area contributed by atoms with Gasteiger partial charge >= 0.3 is 12.0 Å². The van der Waals surface area contributed by atoms with Gasteiger partial charge in [-0.2, -0.15) is 5.26 Å². The Labute approximate surface area is 147 Å². The van der Waals surface area contributed by atoms with E-state index in [2.05, 4.69) is 15.3 Å². The first-order valence-electron chi connectivity index (χ1n) is 8.01. The van der Waals surface area contributed by atoms with Crippen molar-refractivity contribution in [2.24, 2.45) is 5.92 Å². The molecule has 0 radical (unpaired) electrons. The molecule has 0 aliphatic carbocycles. The zero-order valence-electron chi connectivity index (χ0n) is 15.0. The van der Waals surface area contributed by atoms with Crippen LogP contribution in [0.3, 0.4) is 0 Å². The zero-order valence-corrected chi connectivity index (χ0v) is 15.0. The number of ether oxygens (including phenoxy) is 3. The number of nitrogens with zero attached hydrogens (tertiary/aromatic N) is 3. The Morgan fingerprint density at radius 3 is 2.52 bits per heavy atom. The maximum Gasteiger partial charge on any atom is 0.350 e. The summed E-state index contributed by atoms with van der Waals surface area (Å²) in [5, 5.41) is 12.5. The Morgan fingerprint density at radius 2 is 2.00 bits per heavy atom. The minimum absolute atomic E-state index is 0.0408. The summed E-state index contributed by atoms with van der Waals surface area (Å²) in [6.45, 7) is 6.95. The third-order valence-corrected chi connectivity index (χ3v) is 3.17. The molecule has 1 N–H and O–H groups in total. The molecule has 0 unspecified atom stereocenters. The molecule has 0 aliphatic heterocycles. The molecular weight excluding hydrogens is 324 g/mol. The molecule has 0 atom stereocenters. The highest BCUT2D eigenvalue weighted by Gasteiger charge is 2.19. The van der Waals surface area contributed by atoms with E-state index in [0.717, 1.165) is 5.56 Å². The Kier molecular flexibility index (Phi) is 8.96. The van der Waals surface area contributed by atoms with Crippen molar-refractivity contribution in [2.45, 2.75) is 27.3 Å². The lowest BCUT2D eigenvalue weighted by Crippen LogP contribution is -2.23. The highest BCUT2D eigenvalue weighted by Crippen LogP contribution is 2.14. The maximum atomic E-state index is 12.1. The van der Waals surface area contributed by atoms with Crippen molar-refractivity contribution in [2.75, 3.05) is 26.9 Å². The lowest BCUT2D eigenvalue weighted by Gasteiger charge is -2.16. The first kappa shape index (κ1) is 20.4. The summed E-state index contributed by atoms with van der Waals surface area (Å²) in [6.07, 6.45) is 3.23. The van der Waals surface area contributed by atoms with Crippen LogP contribution < -0.4 is 10.1 Å². The Balaban J connectivity index is 2.80. The molecule has 0 spiro atoms. The first-order chi connectivity index (χ1) is 12.0. The molecule has 1 heterocycles. The summed E-state index contributed by atoms with van der Waals surface area (Å²) in [5.74, 6) is -0.724. The molecule has 0 aromatic carbocycles. The lowest BCUT2D eigenvalue weighted by molar-refractivity contribution is -0.140. The largest absolute Gasteiger partial charge is 0.467 e. The van der Waals surface area contributed by atoms with Crippen molar-refractivity contribution in [3.8, 4) is 12.1 Å². The van der Waals surface area contributed by atoms with Crippen LogP contribution >= 0.6 is 0 Å². The topological polar surface area (TPSA) is 106 Å². The number of nitriles is 1. The van der Waals surface area contributed by atoms with Gasteiger partial charge in [-0.05, 0) is 12.8 Å². The zero-order chi connectivity index (χ0) is 18.7. The number of nitrogens with one attached hydrogen (secondary N) is 1. The van der Waals surface area contributed by atoms with E-state index in [1.165, 1.54) is 7.11 Å². The highest BCUT2D eigenvalue weighted by atomic mass is 16.6. The molecule has 25 heavy (non-hydrogen) atoms. The van der Waals surface area contributed by atoms with Gasteiger partial charge < -0.3 is 19.5 Å². The third-order valence-electron chi connectivity index (χ3n) is 3.17. The highest BCUT2D eigenvalue weighted by molar-refractivity contribution is 5.93. The fourth-order valence-electron chi connectivity index (χ4n) is 1.94. The SMILES string of the molecule is CCOCCOC(=O)/C(C#N)=C(\NCc1cnc(OC)nc1)C(C)C. The molecule has 8 heteroatoms. The Morgan fingerprint density at radius 1 is 1.32 bits per heavy atom. The van der Waals surface area contributed by atoms with E-state index in [0.29, 0.717) is 25.5 Å². The fourth-order valence-corrected chi connectivity index (χ4v) is 1.94. The van der Waals surface area contributed by atoms with Crippen LogP contribution in [0.4, 0.5) is 0 Å². The van der Waals surface area contributed by atoms with Crippen molar-refractivity contribution in [3.05, 3.63) is 29.2 Å². The van der Waals surface area contributed by atoms with Gasteiger partial charge in [-0.25, -0.2) is 14.8 Å². The summed E-state index contributed by atoms with van der Waals surface area (Å²) >= 11 is 0. The van der Waals surface area contributed by atoms with Crippen molar-refractivity contribution in [1.29, 1.82) is 5.26 Å². The van der Waals surface area contributed by atoms with E-state index in [4.69, 9.17) is 14.2 Å². The van der Waals surface area contributed by atoms with Gasteiger partial charge in [0.15, 0.2) is 5.57 Å². The second-order valence-corrected chi connectivity index (χ2v) is 5.32. The van der Waals surface area contributed by atoms with Gasteiger partial charge in [0.1, 0.15) is 12.7 Å². The van der Waals surface area contributed by atoms with E-state index >= 15 is 0 Å². The van der Waals surface area contributed by atoms with Crippen molar-refractivity contribution < 1.29 is 19.0 Å². The van der Waals surface area contributed by atoms with Crippen molar-refractivity contribution in [3.63, 3.8) is 0 Å². The smallest absolute Gasteiger partial charge is 0.350 e. The average Bonchev–Trinajstić information content (AvgIpc) is 2.62. The molecule has 136 valence electrons. The van der Waals surface area contributed by atoms with E-state index in [1.54, 1.807) is 12.4 Å². The number of methoxy groups -OCH3 is 1. The number of carbonyl (C=O) groups is 1. The Hall–Kier alpha value is -2.66. The van der Waals surface area contributed by atoms with Gasteiger partial charge in [0.2, 0.25) is 0 Å².